The molecule has 0 aliphatic heterocycles. The van der Waals surface area contributed by atoms with Gasteiger partial charge >= 0.3 is 5.97 Å². The van der Waals surface area contributed by atoms with Gasteiger partial charge in [0.1, 0.15) is 5.00 Å². The quantitative estimate of drug-likeness (QED) is 0.456. The Morgan fingerprint density at radius 2 is 1.70 bits per heavy atom. The molecular weight excluding hydrogens is 376 g/mol. The van der Waals surface area contributed by atoms with Crippen molar-refractivity contribution in [2.75, 3.05) is 12.4 Å². The van der Waals surface area contributed by atoms with Crippen LogP contribution in [0, 0.1) is 0 Å². The lowest BCUT2D eigenvalue weighted by Crippen LogP contribution is -2.31. The molecule has 0 amide bonds. The minimum atomic E-state index is -0.394. The third-order valence-corrected chi connectivity index (χ3v) is 5.39. The van der Waals surface area contributed by atoms with Gasteiger partial charge in [-0.3, -0.25) is 0 Å². The van der Waals surface area contributed by atoms with Crippen molar-refractivity contribution in [2.45, 2.75) is 13.0 Å². The second kappa shape index (κ2) is 8.79. The van der Waals surface area contributed by atoms with Crippen LogP contribution in [0.5, 0.6) is 0 Å². The second-order valence-corrected chi connectivity index (χ2v) is 7.40. The Balaban J connectivity index is 1.79. The summed E-state index contributed by atoms with van der Waals surface area (Å²) in [6, 6.07) is 21.8. The standard InChI is InChI=1S/C21H20N2O2S2/c1-14(15-9-5-3-6-10-15)22-21(26)23-19-17(20(24)25-2)13-18(27-19)16-11-7-4-8-12-16/h3-14H,1-2H3,(H2,22,23,26). The Kier molecular flexibility index (Phi) is 6.21. The van der Waals surface area contributed by atoms with E-state index in [9.17, 15) is 4.79 Å². The first-order valence-electron chi connectivity index (χ1n) is 8.48. The summed E-state index contributed by atoms with van der Waals surface area (Å²) in [5.41, 5.74) is 2.64. The molecule has 4 nitrogen and oxygen atoms in total. The number of benzene rings is 2. The van der Waals surface area contributed by atoms with Gasteiger partial charge in [-0.1, -0.05) is 60.7 Å². The van der Waals surface area contributed by atoms with Gasteiger partial charge < -0.3 is 15.4 Å². The van der Waals surface area contributed by atoms with E-state index in [0.29, 0.717) is 15.7 Å². The molecule has 0 bridgehead atoms. The van der Waals surface area contributed by atoms with Gasteiger partial charge in [0, 0.05) is 4.88 Å². The molecular formula is C21H20N2O2S2. The van der Waals surface area contributed by atoms with Crippen LogP contribution in [0.25, 0.3) is 10.4 Å². The molecule has 0 spiro atoms. The van der Waals surface area contributed by atoms with Gasteiger partial charge in [-0.25, -0.2) is 4.79 Å². The summed E-state index contributed by atoms with van der Waals surface area (Å²) >= 11 is 6.92. The van der Waals surface area contributed by atoms with Crippen molar-refractivity contribution < 1.29 is 9.53 Å². The molecule has 138 valence electrons. The number of hydrogen-bond acceptors (Lipinski definition) is 4. The third kappa shape index (κ3) is 4.72. The number of nitrogens with one attached hydrogen (secondary N) is 2. The summed E-state index contributed by atoms with van der Waals surface area (Å²) < 4.78 is 4.92. The maximum absolute atomic E-state index is 12.2. The Morgan fingerprint density at radius 1 is 1.07 bits per heavy atom. The summed E-state index contributed by atoms with van der Waals surface area (Å²) in [5, 5.41) is 7.53. The van der Waals surface area contributed by atoms with Crippen LogP contribution in [0.2, 0.25) is 0 Å². The highest BCUT2D eigenvalue weighted by atomic mass is 32.1. The molecule has 0 fully saturated rings. The smallest absolute Gasteiger partial charge is 0.340 e. The van der Waals surface area contributed by atoms with Crippen molar-refractivity contribution in [3.8, 4) is 10.4 Å². The van der Waals surface area contributed by atoms with Crippen LogP contribution in [0.4, 0.5) is 5.00 Å². The Hall–Kier alpha value is -2.70. The number of thiocarbonyl (C=S) groups is 1. The van der Waals surface area contributed by atoms with Crippen LogP contribution in [0.1, 0.15) is 28.9 Å². The Bertz CT molecular complexity index is 924. The largest absolute Gasteiger partial charge is 0.465 e. The molecule has 3 rings (SSSR count). The van der Waals surface area contributed by atoms with Crippen LogP contribution in [0.3, 0.4) is 0 Å². The number of rotatable bonds is 5. The summed E-state index contributed by atoms with van der Waals surface area (Å²) in [5.74, 6) is -0.394. The van der Waals surface area contributed by atoms with E-state index in [0.717, 1.165) is 16.0 Å². The minimum absolute atomic E-state index is 0.0429. The number of methoxy groups -OCH3 is 1. The fourth-order valence-corrected chi connectivity index (χ4v) is 4.05. The first-order valence-corrected chi connectivity index (χ1v) is 9.71. The number of ether oxygens (including phenoxy) is 1. The lowest BCUT2D eigenvalue weighted by molar-refractivity contribution is 0.0602. The normalized spacial score (nSPS) is 11.5. The van der Waals surface area contributed by atoms with Gasteiger partial charge in [0.25, 0.3) is 0 Å². The maximum Gasteiger partial charge on any atom is 0.340 e. The van der Waals surface area contributed by atoms with E-state index in [-0.39, 0.29) is 6.04 Å². The lowest BCUT2D eigenvalue weighted by Gasteiger charge is -2.17. The van der Waals surface area contributed by atoms with Gasteiger partial charge in [0.15, 0.2) is 5.11 Å². The molecule has 0 saturated heterocycles. The van der Waals surface area contributed by atoms with E-state index >= 15 is 0 Å². The van der Waals surface area contributed by atoms with Gasteiger partial charge in [0.2, 0.25) is 0 Å². The summed E-state index contributed by atoms with van der Waals surface area (Å²) in [6.45, 7) is 2.04. The summed E-state index contributed by atoms with van der Waals surface area (Å²) in [4.78, 5) is 13.2. The zero-order valence-electron chi connectivity index (χ0n) is 15.1. The van der Waals surface area contributed by atoms with Crippen molar-refractivity contribution in [1.82, 2.24) is 5.32 Å². The Labute approximate surface area is 168 Å². The number of hydrogen-bond donors (Lipinski definition) is 2. The topological polar surface area (TPSA) is 50.4 Å². The molecule has 0 radical (unpaired) electrons. The van der Waals surface area contributed by atoms with E-state index in [1.807, 2.05) is 73.7 Å². The van der Waals surface area contributed by atoms with Crippen LogP contribution >= 0.6 is 23.6 Å². The molecule has 3 aromatic rings. The predicted molar refractivity (Wildman–Crippen MR) is 115 cm³/mol. The van der Waals surface area contributed by atoms with Crippen LogP contribution in [-0.4, -0.2) is 18.2 Å². The molecule has 1 aromatic heterocycles. The molecule has 0 aliphatic carbocycles. The molecule has 2 N–H and O–H groups in total. The minimum Gasteiger partial charge on any atom is -0.465 e. The summed E-state index contributed by atoms with van der Waals surface area (Å²) in [7, 11) is 1.38. The lowest BCUT2D eigenvalue weighted by atomic mass is 10.1. The van der Waals surface area contributed by atoms with E-state index in [4.69, 9.17) is 17.0 Å². The fraction of sp³-hybridized carbons (Fsp3) is 0.143. The van der Waals surface area contributed by atoms with E-state index in [1.165, 1.54) is 18.4 Å². The molecule has 0 aliphatic rings. The number of esters is 1. The monoisotopic (exact) mass is 396 g/mol. The average molecular weight is 397 g/mol. The number of carbonyl (C=O) groups is 1. The number of carbonyl (C=O) groups excluding carboxylic acids is 1. The highest BCUT2D eigenvalue weighted by Crippen LogP contribution is 2.35. The zero-order valence-corrected chi connectivity index (χ0v) is 16.7. The van der Waals surface area contributed by atoms with Crippen LogP contribution in [0.15, 0.2) is 66.7 Å². The Morgan fingerprint density at radius 3 is 2.33 bits per heavy atom. The molecule has 6 heteroatoms. The van der Waals surface area contributed by atoms with Crippen molar-refractivity contribution >= 4 is 39.6 Å². The van der Waals surface area contributed by atoms with Gasteiger partial charge in [-0.15, -0.1) is 11.3 Å². The van der Waals surface area contributed by atoms with Crippen molar-refractivity contribution in [3.05, 3.63) is 77.9 Å². The summed E-state index contributed by atoms with van der Waals surface area (Å²) in [6.07, 6.45) is 0. The average Bonchev–Trinajstić information content (AvgIpc) is 3.12. The van der Waals surface area contributed by atoms with E-state index < -0.39 is 5.97 Å². The third-order valence-electron chi connectivity index (χ3n) is 4.07. The van der Waals surface area contributed by atoms with Crippen molar-refractivity contribution in [1.29, 1.82) is 0 Å². The van der Waals surface area contributed by atoms with E-state index in [2.05, 4.69) is 10.6 Å². The number of anilines is 1. The molecule has 1 atom stereocenters. The van der Waals surface area contributed by atoms with Gasteiger partial charge in [-0.2, -0.15) is 0 Å². The van der Waals surface area contributed by atoms with E-state index in [1.54, 1.807) is 0 Å². The van der Waals surface area contributed by atoms with Crippen LogP contribution in [-0.2, 0) is 4.74 Å². The van der Waals surface area contributed by atoms with Gasteiger partial charge in [-0.05, 0) is 36.3 Å². The second-order valence-electron chi connectivity index (χ2n) is 5.94. The SMILES string of the molecule is COC(=O)c1cc(-c2ccccc2)sc1NC(=S)NC(C)c1ccccc1. The molecule has 2 aromatic carbocycles. The zero-order chi connectivity index (χ0) is 19.2. The molecule has 27 heavy (non-hydrogen) atoms. The predicted octanol–water partition coefficient (Wildman–Crippen LogP) is 5.25. The molecule has 1 unspecified atom stereocenters. The maximum atomic E-state index is 12.2. The fourth-order valence-electron chi connectivity index (χ4n) is 2.65. The highest BCUT2D eigenvalue weighted by molar-refractivity contribution is 7.80. The molecule has 0 saturated carbocycles. The first-order chi connectivity index (χ1) is 13.1. The van der Waals surface area contributed by atoms with Crippen molar-refractivity contribution in [2.24, 2.45) is 0 Å². The molecule has 1 heterocycles. The number of thiophene rings is 1. The van der Waals surface area contributed by atoms with Crippen molar-refractivity contribution in [3.63, 3.8) is 0 Å². The van der Waals surface area contributed by atoms with Gasteiger partial charge in [0.05, 0.1) is 18.7 Å². The first kappa shape index (κ1) is 19.1. The highest BCUT2D eigenvalue weighted by Gasteiger charge is 2.19. The van der Waals surface area contributed by atoms with Crippen LogP contribution < -0.4 is 10.6 Å².